The molecule has 24 heavy (non-hydrogen) atoms. The van der Waals surface area contributed by atoms with Gasteiger partial charge in [0.2, 0.25) is 0 Å². The second kappa shape index (κ2) is 5.48. The molecule has 0 aromatic carbocycles. The molecule has 0 aliphatic heterocycles. The third-order valence-electron chi connectivity index (χ3n) is 10.0. The molecule has 0 aromatic heterocycles. The predicted octanol–water partition coefficient (Wildman–Crippen LogP) is 5.52. The molecule has 0 radical (unpaired) electrons. The Hall–Kier alpha value is -0.0400. The quantitative estimate of drug-likeness (QED) is 0.707. The Bertz CT molecular complexity index is 498. The van der Waals surface area contributed by atoms with Gasteiger partial charge in [-0.05, 0) is 111 Å². The molecule has 0 heterocycles. The van der Waals surface area contributed by atoms with E-state index in [1.807, 2.05) is 0 Å². The summed E-state index contributed by atoms with van der Waals surface area (Å²) >= 11 is 0. The van der Waals surface area contributed by atoms with Crippen molar-refractivity contribution in [3.63, 3.8) is 0 Å². The van der Waals surface area contributed by atoms with Crippen molar-refractivity contribution in [1.29, 1.82) is 0 Å². The lowest BCUT2D eigenvalue weighted by Crippen LogP contribution is -2.51. The van der Waals surface area contributed by atoms with E-state index in [2.05, 4.69) is 20.8 Å². The maximum atomic E-state index is 10.5. The topological polar surface area (TPSA) is 20.2 Å². The van der Waals surface area contributed by atoms with Crippen LogP contribution in [0.4, 0.5) is 0 Å². The van der Waals surface area contributed by atoms with Crippen molar-refractivity contribution in [2.45, 2.75) is 84.7 Å². The van der Waals surface area contributed by atoms with E-state index in [0.29, 0.717) is 11.3 Å². The van der Waals surface area contributed by atoms with Crippen molar-refractivity contribution in [3.8, 4) is 0 Å². The van der Waals surface area contributed by atoms with Gasteiger partial charge in [-0.15, -0.1) is 0 Å². The van der Waals surface area contributed by atoms with Crippen LogP contribution in [0.1, 0.15) is 78.6 Å². The molecule has 0 bridgehead atoms. The Balaban J connectivity index is 1.40. The Kier molecular flexibility index (Phi) is 3.69. The summed E-state index contributed by atoms with van der Waals surface area (Å²) in [6, 6.07) is 0. The second-order valence-electron chi connectivity index (χ2n) is 10.8. The van der Waals surface area contributed by atoms with E-state index in [9.17, 15) is 5.11 Å². The van der Waals surface area contributed by atoms with Crippen LogP contribution in [0.2, 0.25) is 0 Å². The molecule has 1 nitrogen and oxygen atoms in total. The summed E-state index contributed by atoms with van der Waals surface area (Å²) in [6.45, 7) is 7.07. The molecule has 136 valence electrons. The largest absolute Gasteiger partial charge is 0.393 e. The van der Waals surface area contributed by atoms with Gasteiger partial charge in [0, 0.05) is 0 Å². The van der Waals surface area contributed by atoms with E-state index in [4.69, 9.17) is 0 Å². The molecule has 0 saturated heterocycles. The predicted molar refractivity (Wildman–Crippen MR) is 98.4 cm³/mol. The highest BCUT2D eigenvalue weighted by molar-refractivity contribution is 5.18. The van der Waals surface area contributed by atoms with Gasteiger partial charge < -0.3 is 5.11 Å². The molecule has 10 unspecified atom stereocenters. The van der Waals surface area contributed by atoms with Crippen molar-refractivity contribution in [2.75, 3.05) is 0 Å². The van der Waals surface area contributed by atoms with Crippen LogP contribution >= 0.6 is 0 Å². The highest BCUT2D eigenvalue weighted by Crippen LogP contribution is 2.75. The number of fused-ring (bicyclic) bond motifs is 7. The molecular formula is C23H38O. The Morgan fingerprint density at radius 3 is 2.46 bits per heavy atom. The van der Waals surface area contributed by atoms with Crippen molar-refractivity contribution in [2.24, 2.45) is 58.7 Å². The zero-order chi connectivity index (χ0) is 16.6. The SMILES string of the molecule is CCC1CCC2C(CC[C@@H]3C2CCC2(C)C(C(C)O)C4CC4C32)C1. The minimum atomic E-state index is -0.0807. The van der Waals surface area contributed by atoms with Crippen molar-refractivity contribution < 1.29 is 5.11 Å². The number of hydrogen-bond donors (Lipinski definition) is 1. The van der Waals surface area contributed by atoms with Gasteiger partial charge in [0.25, 0.3) is 0 Å². The smallest absolute Gasteiger partial charge is 0.0548 e. The monoisotopic (exact) mass is 330 g/mol. The molecule has 11 atom stereocenters. The van der Waals surface area contributed by atoms with Gasteiger partial charge in [0.05, 0.1) is 6.10 Å². The standard InChI is InChI=1S/C23H38O/c1-4-14-5-7-16-15(11-14)6-8-18-17(16)9-10-23(3)21(13(2)24)19-12-20(19)22(18)23/h13-22,24H,4-12H2,1-3H3/t13?,14?,15?,16?,17?,18-,19?,20?,21?,22?,23?/m1/s1. The van der Waals surface area contributed by atoms with Crippen LogP contribution in [0.25, 0.3) is 0 Å². The summed E-state index contributed by atoms with van der Waals surface area (Å²) in [5.41, 5.74) is 0.469. The number of aliphatic hydroxyl groups excluding tert-OH is 1. The Morgan fingerprint density at radius 1 is 0.917 bits per heavy atom. The van der Waals surface area contributed by atoms with E-state index >= 15 is 0 Å². The van der Waals surface area contributed by atoms with Crippen LogP contribution < -0.4 is 0 Å². The average Bonchev–Trinajstić information content (AvgIpc) is 3.27. The summed E-state index contributed by atoms with van der Waals surface area (Å²) in [6.07, 6.45) is 13.4. The average molecular weight is 331 g/mol. The first kappa shape index (κ1) is 16.2. The van der Waals surface area contributed by atoms with Crippen LogP contribution in [0.3, 0.4) is 0 Å². The first-order valence-corrected chi connectivity index (χ1v) is 11.2. The summed E-state index contributed by atoms with van der Waals surface area (Å²) in [4.78, 5) is 0. The molecule has 5 saturated carbocycles. The van der Waals surface area contributed by atoms with E-state index in [1.165, 1.54) is 44.9 Å². The number of rotatable bonds is 2. The molecule has 1 N–H and O–H groups in total. The summed E-state index contributed by atoms with van der Waals surface area (Å²) in [5.74, 6) is 8.69. The third-order valence-corrected chi connectivity index (χ3v) is 10.0. The summed E-state index contributed by atoms with van der Waals surface area (Å²) < 4.78 is 0. The van der Waals surface area contributed by atoms with Gasteiger partial charge in [-0.25, -0.2) is 0 Å². The first-order valence-electron chi connectivity index (χ1n) is 11.2. The van der Waals surface area contributed by atoms with E-state index < -0.39 is 0 Å². The lowest BCUT2D eigenvalue weighted by Gasteiger charge is -2.57. The lowest BCUT2D eigenvalue weighted by atomic mass is 9.48. The molecule has 0 spiro atoms. The van der Waals surface area contributed by atoms with Crippen molar-refractivity contribution >= 4 is 0 Å². The van der Waals surface area contributed by atoms with E-state index in [-0.39, 0.29) is 6.10 Å². The third kappa shape index (κ3) is 2.09. The fraction of sp³-hybridized carbons (Fsp3) is 1.00. The maximum absolute atomic E-state index is 10.5. The number of hydrogen-bond acceptors (Lipinski definition) is 1. The fourth-order valence-electron chi connectivity index (χ4n) is 9.25. The molecule has 5 aliphatic rings. The van der Waals surface area contributed by atoms with Crippen LogP contribution in [0.5, 0.6) is 0 Å². The molecule has 0 amide bonds. The van der Waals surface area contributed by atoms with Gasteiger partial charge in [-0.2, -0.15) is 0 Å². The summed E-state index contributed by atoms with van der Waals surface area (Å²) in [7, 11) is 0. The van der Waals surface area contributed by atoms with Crippen LogP contribution in [0, 0.1) is 58.7 Å². The minimum Gasteiger partial charge on any atom is -0.393 e. The Morgan fingerprint density at radius 2 is 1.71 bits per heavy atom. The van der Waals surface area contributed by atoms with E-state index in [1.54, 1.807) is 12.8 Å². The minimum absolute atomic E-state index is 0.0807. The molecule has 1 heteroatoms. The Labute approximate surface area is 149 Å². The number of aliphatic hydroxyl groups is 1. The van der Waals surface area contributed by atoms with Gasteiger partial charge in [0.1, 0.15) is 0 Å². The van der Waals surface area contributed by atoms with Gasteiger partial charge in [0.15, 0.2) is 0 Å². The normalized spacial score (nSPS) is 59.8. The molecular weight excluding hydrogens is 292 g/mol. The lowest BCUT2D eigenvalue weighted by molar-refractivity contribution is -0.0964. The summed E-state index contributed by atoms with van der Waals surface area (Å²) in [5, 5.41) is 10.5. The maximum Gasteiger partial charge on any atom is 0.0548 e. The van der Waals surface area contributed by atoms with Crippen LogP contribution in [-0.4, -0.2) is 11.2 Å². The van der Waals surface area contributed by atoms with Crippen LogP contribution in [0.15, 0.2) is 0 Å². The first-order chi connectivity index (χ1) is 11.5. The van der Waals surface area contributed by atoms with Crippen LogP contribution in [-0.2, 0) is 0 Å². The fourth-order valence-corrected chi connectivity index (χ4v) is 9.25. The molecule has 5 rings (SSSR count). The van der Waals surface area contributed by atoms with Crippen molar-refractivity contribution in [1.82, 2.24) is 0 Å². The zero-order valence-corrected chi connectivity index (χ0v) is 16.1. The molecule has 5 fully saturated rings. The van der Waals surface area contributed by atoms with Gasteiger partial charge in [-0.1, -0.05) is 26.7 Å². The zero-order valence-electron chi connectivity index (χ0n) is 16.1. The second-order valence-corrected chi connectivity index (χ2v) is 10.8. The highest BCUT2D eigenvalue weighted by Gasteiger charge is 2.69. The van der Waals surface area contributed by atoms with Crippen molar-refractivity contribution in [3.05, 3.63) is 0 Å². The van der Waals surface area contributed by atoms with E-state index in [0.717, 1.165) is 47.3 Å². The van der Waals surface area contributed by atoms with Gasteiger partial charge in [-0.3, -0.25) is 0 Å². The highest BCUT2D eigenvalue weighted by atomic mass is 16.3. The molecule has 0 aromatic rings. The molecule has 5 aliphatic carbocycles. The van der Waals surface area contributed by atoms with Gasteiger partial charge >= 0.3 is 0 Å².